The Morgan fingerprint density at radius 2 is 1.37 bits per heavy atom. The number of hydrogen-bond donors (Lipinski definition) is 0. The standard InChI is InChI=1S/C21H23N3.C6H6/c1-3-4-9-14-24-20-13-8-6-11-18(20)22-21(24)17-15-23(2)19-12-7-5-10-16(17)19;1-2-4-6-5-3-1/h5-8,10-13,15H,3-4,9,14H2,1-2H3;1-6H. The lowest BCUT2D eigenvalue weighted by atomic mass is 10.1. The molecule has 0 aliphatic carbocycles. The van der Waals surface area contributed by atoms with Crippen molar-refractivity contribution in [3.63, 3.8) is 0 Å². The molecule has 3 nitrogen and oxygen atoms in total. The van der Waals surface area contributed by atoms with Crippen LogP contribution < -0.4 is 0 Å². The molecule has 0 bridgehead atoms. The molecule has 0 N–H and O–H groups in total. The predicted octanol–water partition coefficient (Wildman–Crippen LogP) is 7.07. The molecule has 5 aromatic rings. The lowest BCUT2D eigenvalue weighted by Crippen LogP contribution is -2.00. The zero-order chi connectivity index (χ0) is 20.8. The smallest absolute Gasteiger partial charge is 0.143 e. The van der Waals surface area contributed by atoms with Crippen molar-refractivity contribution in [3.8, 4) is 11.4 Å². The summed E-state index contributed by atoms with van der Waals surface area (Å²) in [6.07, 6.45) is 5.88. The van der Waals surface area contributed by atoms with E-state index in [1.165, 1.54) is 41.2 Å². The molecule has 30 heavy (non-hydrogen) atoms. The number of imidazole rings is 1. The van der Waals surface area contributed by atoms with E-state index in [1.807, 2.05) is 36.4 Å². The number of aromatic nitrogens is 3. The van der Waals surface area contributed by atoms with E-state index in [9.17, 15) is 0 Å². The van der Waals surface area contributed by atoms with E-state index in [1.54, 1.807) is 0 Å². The van der Waals surface area contributed by atoms with E-state index in [0.29, 0.717) is 0 Å². The number of nitrogens with zero attached hydrogens (tertiary/aromatic N) is 3. The van der Waals surface area contributed by atoms with Crippen molar-refractivity contribution in [1.82, 2.24) is 14.1 Å². The fourth-order valence-electron chi connectivity index (χ4n) is 3.93. The second-order valence-corrected chi connectivity index (χ2v) is 7.61. The van der Waals surface area contributed by atoms with Crippen molar-refractivity contribution in [2.45, 2.75) is 32.7 Å². The summed E-state index contributed by atoms with van der Waals surface area (Å²) in [5.74, 6) is 1.09. The Morgan fingerprint density at radius 1 is 0.733 bits per heavy atom. The van der Waals surface area contributed by atoms with Crippen LogP contribution in [0, 0.1) is 0 Å². The van der Waals surface area contributed by atoms with Crippen molar-refractivity contribution in [2.75, 3.05) is 0 Å². The van der Waals surface area contributed by atoms with E-state index < -0.39 is 0 Å². The zero-order valence-electron chi connectivity index (χ0n) is 17.8. The molecule has 0 spiro atoms. The first-order chi connectivity index (χ1) is 14.8. The van der Waals surface area contributed by atoms with Gasteiger partial charge in [0.2, 0.25) is 0 Å². The lowest BCUT2D eigenvalue weighted by molar-refractivity contribution is 0.617. The van der Waals surface area contributed by atoms with Gasteiger partial charge >= 0.3 is 0 Å². The minimum Gasteiger partial charge on any atom is -0.350 e. The highest BCUT2D eigenvalue weighted by Crippen LogP contribution is 2.32. The molecule has 0 saturated heterocycles. The summed E-state index contributed by atoms with van der Waals surface area (Å²) >= 11 is 0. The molecule has 0 fully saturated rings. The first-order valence-electron chi connectivity index (χ1n) is 10.8. The first-order valence-corrected chi connectivity index (χ1v) is 10.8. The van der Waals surface area contributed by atoms with E-state index in [4.69, 9.17) is 4.98 Å². The van der Waals surface area contributed by atoms with E-state index >= 15 is 0 Å². The maximum Gasteiger partial charge on any atom is 0.143 e. The van der Waals surface area contributed by atoms with Crippen LogP contribution in [0.1, 0.15) is 26.2 Å². The molecular weight excluding hydrogens is 366 g/mol. The lowest BCUT2D eigenvalue weighted by Gasteiger charge is -2.08. The van der Waals surface area contributed by atoms with Crippen LogP contribution in [0.25, 0.3) is 33.3 Å². The third-order valence-electron chi connectivity index (χ3n) is 5.44. The summed E-state index contributed by atoms with van der Waals surface area (Å²) in [6, 6.07) is 29.0. The van der Waals surface area contributed by atoms with Gasteiger partial charge in [0.15, 0.2) is 0 Å². The largest absolute Gasteiger partial charge is 0.350 e. The summed E-state index contributed by atoms with van der Waals surface area (Å²) in [5, 5.41) is 1.27. The van der Waals surface area contributed by atoms with Gasteiger partial charge in [0.1, 0.15) is 5.82 Å². The van der Waals surface area contributed by atoms with Gasteiger partial charge in [0, 0.05) is 36.3 Å². The SMILES string of the molecule is CCCCCn1c(-c2cn(C)c3ccccc23)nc2ccccc21.c1ccccc1. The van der Waals surface area contributed by atoms with Gasteiger partial charge in [-0.2, -0.15) is 0 Å². The summed E-state index contributed by atoms with van der Waals surface area (Å²) in [7, 11) is 2.11. The fraction of sp³-hybridized carbons (Fsp3) is 0.222. The summed E-state index contributed by atoms with van der Waals surface area (Å²) in [4.78, 5) is 4.97. The Hall–Kier alpha value is -3.33. The number of rotatable bonds is 5. The first kappa shape index (κ1) is 20.0. The Balaban J connectivity index is 0.000000313. The average Bonchev–Trinajstić information content (AvgIpc) is 3.34. The van der Waals surface area contributed by atoms with Crippen molar-refractivity contribution < 1.29 is 0 Å². The molecule has 152 valence electrons. The number of unbranched alkanes of at least 4 members (excludes halogenated alkanes) is 2. The molecule has 2 aromatic heterocycles. The molecule has 0 radical (unpaired) electrons. The van der Waals surface area contributed by atoms with Crippen LogP contribution in [0.4, 0.5) is 0 Å². The number of benzene rings is 3. The third kappa shape index (κ3) is 4.16. The van der Waals surface area contributed by atoms with Gasteiger partial charge in [-0.25, -0.2) is 4.98 Å². The highest BCUT2D eigenvalue weighted by Gasteiger charge is 2.16. The molecule has 0 unspecified atom stereocenters. The van der Waals surface area contributed by atoms with E-state index in [0.717, 1.165) is 17.9 Å². The molecular formula is C27H29N3. The van der Waals surface area contributed by atoms with Crippen LogP contribution in [-0.4, -0.2) is 14.1 Å². The second-order valence-electron chi connectivity index (χ2n) is 7.61. The van der Waals surface area contributed by atoms with Gasteiger partial charge in [0.25, 0.3) is 0 Å². The Kier molecular flexibility index (Phi) is 6.29. The molecule has 0 saturated carbocycles. The number of para-hydroxylation sites is 3. The highest BCUT2D eigenvalue weighted by atomic mass is 15.1. The minimum atomic E-state index is 1.02. The summed E-state index contributed by atoms with van der Waals surface area (Å²) < 4.78 is 4.59. The molecule has 2 heterocycles. The van der Waals surface area contributed by atoms with Crippen molar-refractivity contribution in [2.24, 2.45) is 7.05 Å². The van der Waals surface area contributed by atoms with Crippen LogP contribution in [0.15, 0.2) is 91.1 Å². The Labute approximate surface area is 178 Å². The molecule has 0 atom stereocenters. The topological polar surface area (TPSA) is 22.8 Å². The minimum absolute atomic E-state index is 1.02. The Morgan fingerprint density at radius 3 is 2.07 bits per heavy atom. The molecule has 0 amide bonds. The highest BCUT2D eigenvalue weighted by molar-refractivity contribution is 5.96. The van der Waals surface area contributed by atoms with E-state index in [2.05, 4.69) is 77.8 Å². The van der Waals surface area contributed by atoms with Crippen LogP contribution in [-0.2, 0) is 13.6 Å². The normalized spacial score (nSPS) is 10.9. The van der Waals surface area contributed by atoms with Gasteiger partial charge in [-0.1, -0.05) is 86.5 Å². The zero-order valence-corrected chi connectivity index (χ0v) is 17.8. The molecule has 0 aliphatic rings. The average molecular weight is 396 g/mol. The maximum atomic E-state index is 4.97. The summed E-state index contributed by atoms with van der Waals surface area (Å²) in [5.41, 5.74) is 4.79. The maximum absolute atomic E-state index is 4.97. The monoisotopic (exact) mass is 395 g/mol. The summed E-state index contributed by atoms with van der Waals surface area (Å²) in [6.45, 7) is 3.27. The molecule has 3 aromatic carbocycles. The fourth-order valence-corrected chi connectivity index (χ4v) is 3.93. The number of fused-ring (bicyclic) bond motifs is 2. The molecule has 5 rings (SSSR count). The van der Waals surface area contributed by atoms with Gasteiger partial charge in [-0.15, -0.1) is 0 Å². The van der Waals surface area contributed by atoms with Crippen LogP contribution in [0.3, 0.4) is 0 Å². The third-order valence-corrected chi connectivity index (χ3v) is 5.44. The van der Waals surface area contributed by atoms with E-state index in [-0.39, 0.29) is 0 Å². The van der Waals surface area contributed by atoms with Crippen LogP contribution in [0.2, 0.25) is 0 Å². The van der Waals surface area contributed by atoms with Gasteiger partial charge in [-0.05, 0) is 24.6 Å². The second kappa shape index (κ2) is 9.45. The number of aryl methyl sites for hydroxylation is 2. The van der Waals surface area contributed by atoms with Crippen LogP contribution in [0.5, 0.6) is 0 Å². The van der Waals surface area contributed by atoms with Crippen molar-refractivity contribution in [3.05, 3.63) is 91.1 Å². The Bertz CT molecular complexity index is 1190. The van der Waals surface area contributed by atoms with Gasteiger partial charge in [0.05, 0.1) is 11.0 Å². The molecule has 0 aliphatic heterocycles. The van der Waals surface area contributed by atoms with Gasteiger partial charge < -0.3 is 9.13 Å². The van der Waals surface area contributed by atoms with Crippen molar-refractivity contribution in [1.29, 1.82) is 0 Å². The quantitative estimate of drug-likeness (QED) is 0.292. The molecule has 3 heteroatoms. The van der Waals surface area contributed by atoms with Crippen LogP contribution >= 0.6 is 0 Å². The van der Waals surface area contributed by atoms with Gasteiger partial charge in [-0.3, -0.25) is 0 Å². The van der Waals surface area contributed by atoms with Crippen molar-refractivity contribution >= 4 is 21.9 Å². The predicted molar refractivity (Wildman–Crippen MR) is 128 cm³/mol. The number of hydrogen-bond acceptors (Lipinski definition) is 1.